The van der Waals surface area contributed by atoms with Crippen LogP contribution in [0.4, 0.5) is 0 Å². The molecule has 0 aromatic carbocycles. The third-order valence-corrected chi connectivity index (χ3v) is 3.84. The van der Waals surface area contributed by atoms with E-state index in [2.05, 4.69) is 4.72 Å². The normalized spacial score (nSPS) is 17.9. The molecule has 1 atom stereocenters. The van der Waals surface area contributed by atoms with Gasteiger partial charge < -0.3 is 10.5 Å². The molecule has 1 rings (SSSR count). The van der Waals surface area contributed by atoms with Crippen LogP contribution in [0.25, 0.3) is 0 Å². The Morgan fingerprint density at radius 1 is 1.50 bits per heavy atom. The Bertz CT molecular complexity index is 280. The maximum atomic E-state index is 11.6. The average molecular weight is 273 g/mol. The minimum Gasteiger partial charge on any atom is -0.381 e. The summed E-state index contributed by atoms with van der Waals surface area (Å²) in [5.74, 6) is 0.459. The molecule has 5 nitrogen and oxygen atoms in total. The number of rotatable bonds is 8. The molecule has 0 amide bonds. The summed E-state index contributed by atoms with van der Waals surface area (Å²) in [6.45, 7) is 3.00. The van der Waals surface area contributed by atoms with E-state index in [0.717, 1.165) is 12.8 Å². The molecule has 0 aromatic rings. The van der Waals surface area contributed by atoms with Gasteiger partial charge in [-0.25, -0.2) is 13.1 Å². The molecular weight excluding hydrogens is 252 g/mol. The summed E-state index contributed by atoms with van der Waals surface area (Å²) >= 11 is 0. The van der Waals surface area contributed by atoms with Crippen LogP contribution in [-0.4, -0.2) is 40.0 Å². The summed E-state index contributed by atoms with van der Waals surface area (Å²) in [4.78, 5) is 0. The van der Waals surface area contributed by atoms with Crippen LogP contribution in [0.15, 0.2) is 0 Å². The fourth-order valence-corrected chi connectivity index (χ4v) is 2.64. The summed E-state index contributed by atoms with van der Waals surface area (Å²) < 4.78 is 30.8. The summed E-state index contributed by atoms with van der Waals surface area (Å²) in [6, 6.07) is -0.0865. The Kier molecular flexibility index (Phi) is 7.50. The predicted octanol–water partition coefficient (Wildman–Crippen LogP) is 0.101. The highest BCUT2D eigenvalue weighted by atomic mass is 35.5. The van der Waals surface area contributed by atoms with E-state index < -0.39 is 10.0 Å². The van der Waals surface area contributed by atoms with Crippen LogP contribution >= 0.6 is 12.4 Å². The van der Waals surface area contributed by atoms with Crippen LogP contribution in [0.5, 0.6) is 0 Å². The third kappa shape index (κ3) is 6.00. The first-order valence-electron chi connectivity index (χ1n) is 5.37. The molecule has 1 unspecified atom stereocenters. The number of nitrogens with two attached hydrogens (primary N) is 1. The summed E-state index contributed by atoms with van der Waals surface area (Å²) in [5.41, 5.74) is 5.52. The van der Waals surface area contributed by atoms with E-state index >= 15 is 0 Å². The summed E-state index contributed by atoms with van der Waals surface area (Å²) in [6.07, 6.45) is 2.16. The van der Waals surface area contributed by atoms with Crippen LogP contribution < -0.4 is 10.5 Å². The largest absolute Gasteiger partial charge is 0.381 e. The quantitative estimate of drug-likeness (QED) is 0.614. The van der Waals surface area contributed by atoms with Gasteiger partial charge in [-0.2, -0.15) is 0 Å². The first-order valence-corrected chi connectivity index (χ1v) is 7.02. The van der Waals surface area contributed by atoms with Crippen molar-refractivity contribution in [2.75, 3.05) is 25.5 Å². The first-order chi connectivity index (χ1) is 7.09. The van der Waals surface area contributed by atoms with Crippen LogP contribution in [0.2, 0.25) is 0 Å². The van der Waals surface area contributed by atoms with Crippen molar-refractivity contribution in [2.24, 2.45) is 11.7 Å². The number of hydrogen-bond acceptors (Lipinski definition) is 4. The highest BCUT2D eigenvalue weighted by Crippen LogP contribution is 2.32. The lowest BCUT2D eigenvalue weighted by Gasteiger charge is -2.15. The van der Waals surface area contributed by atoms with Gasteiger partial charge in [0.15, 0.2) is 0 Å². The Balaban J connectivity index is 0.00000225. The van der Waals surface area contributed by atoms with Crippen molar-refractivity contribution in [1.29, 1.82) is 0 Å². The van der Waals surface area contributed by atoms with Crippen molar-refractivity contribution in [3.8, 4) is 0 Å². The van der Waals surface area contributed by atoms with Crippen molar-refractivity contribution in [3.05, 3.63) is 0 Å². The molecule has 16 heavy (non-hydrogen) atoms. The van der Waals surface area contributed by atoms with Crippen molar-refractivity contribution < 1.29 is 13.2 Å². The third-order valence-electron chi connectivity index (χ3n) is 2.48. The Labute approximate surface area is 104 Å². The lowest BCUT2D eigenvalue weighted by molar-refractivity contribution is 0.163. The smallest absolute Gasteiger partial charge is 0.214 e. The van der Waals surface area contributed by atoms with E-state index in [4.69, 9.17) is 10.5 Å². The maximum absolute atomic E-state index is 11.6. The van der Waals surface area contributed by atoms with E-state index in [9.17, 15) is 8.42 Å². The SMILES string of the molecule is CCOCCS(=O)(=O)NC(CN)C1CC1.Cl. The molecule has 3 N–H and O–H groups in total. The van der Waals surface area contributed by atoms with Crippen LogP contribution in [0, 0.1) is 5.92 Å². The molecule has 0 bridgehead atoms. The zero-order valence-corrected chi connectivity index (χ0v) is 11.1. The zero-order chi connectivity index (χ0) is 11.3. The van der Waals surface area contributed by atoms with Gasteiger partial charge in [0.1, 0.15) is 0 Å². The van der Waals surface area contributed by atoms with E-state index in [1.807, 2.05) is 6.92 Å². The van der Waals surface area contributed by atoms with Gasteiger partial charge >= 0.3 is 0 Å². The van der Waals surface area contributed by atoms with Gasteiger partial charge in [-0.05, 0) is 25.7 Å². The number of ether oxygens (including phenoxy) is 1. The lowest BCUT2D eigenvalue weighted by atomic mass is 10.2. The molecule has 0 aromatic heterocycles. The molecule has 1 aliphatic rings. The summed E-state index contributed by atoms with van der Waals surface area (Å²) in [5, 5.41) is 0. The number of hydrogen-bond donors (Lipinski definition) is 2. The molecule has 1 saturated carbocycles. The van der Waals surface area contributed by atoms with Crippen molar-refractivity contribution in [1.82, 2.24) is 4.72 Å². The maximum Gasteiger partial charge on any atom is 0.214 e. The van der Waals surface area contributed by atoms with Crippen LogP contribution in [0.1, 0.15) is 19.8 Å². The molecule has 1 aliphatic carbocycles. The van der Waals surface area contributed by atoms with Gasteiger partial charge in [0, 0.05) is 19.2 Å². The summed E-state index contributed by atoms with van der Waals surface area (Å²) in [7, 11) is -3.23. The molecule has 0 aliphatic heterocycles. The molecule has 0 spiro atoms. The molecule has 0 radical (unpaired) electrons. The predicted molar refractivity (Wildman–Crippen MR) is 66.2 cm³/mol. The second kappa shape index (κ2) is 7.45. The minimum absolute atomic E-state index is 0. The van der Waals surface area contributed by atoms with E-state index in [1.54, 1.807) is 0 Å². The lowest BCUT2D eigenvalue weighted by Crippen LogP contribution is -2.43. The fraction of sp³-hybridized carbons (Fsp3) is 1.00. The monoisotopic (exact) mass is 272 g/mol. The number of sulfonamides is 1. The molecular formula is C9H21ClN2O3S. The highest BCUT2D eigenvalue weighted by Gasteiger charge is 2.32. The number of halogens is 1. The first kappa shape index (κ1) is 16.1. The Hall–Kier alpha value is 0.120. The Morgan fingerprint density at radius 3 is 2.56 bits per heavy atom. The van der Waals surface area contributed by atoms with Crippen molar-refractivity contribution in [3.63, 3.8) is 0 Å². The van der Waals surface area contributed by atoms with Gasteiger partial charge in [0.2, 0.25) is 10.0 Å². The van der Waals surface area contributed by atoms with Gasteiger partial charge in [-0.15, -0.1) is 12.4 Å². The van der Waals surface area contributed by atoms with Gasteiger partial charge in [0.05, 0.1) is 12.4 Å². The molecule has 1 fully saturated rings. The van der Waals surface area contributed by atoms with E-state index in [1.165, 1.54) is 0 Å². The highest BCUT2D eigenvalue weighted by molar-refractivity contribution is 7.89. The van der Waals surface area contributed by atoms with Gasteiger partial charge in [-0.1, -0.05) is 0 Å². The molecule has 0 heterocycles. The standard InChI is InChI=1S/C9H20N2O3S.ClH/c1-2-14-5-6-15(12,13)11-9(7-10)8-3-4-8;/h8-9,11H,2-7,10H2,1H3;1H. The van der Waals surface area contributed by atoms with Crippen molar-refractivity contribution in [2.45, 2.75) is 25.8 Å². The van der Waals surface area contributed by atoms with E-state index in [0.29, 0.717) is 19.1 Å². The Morgan fingerprint density at radius 2 is 2.12 bits per heavy atom. The fourth-order valence-electron chi connectivity index (χ4n) is 1.44. The van der Waals surface area contributed by atoms with E-state index in [-0.39, 0.29) is 30.8 Å². The molecule has 98 valence electrons. The second-order valence-electron chi connectivity index (χ2n) is 3.81. The minimum atomic E-state index is -3.23. The second-order valence-corrected chi connectivity index (χ2v) is 5.69. The van der Waals surface area contributed by atoms with Crippen LogP contribution in [-0.2, 0) is 14.8 Å². The topological polar surface area (TPSA) is 81.4 Å². The van der Waals surface area contributed by atoms with Gasteiger partial charge in [-0.3, -0.25) is 0 Å². The average Bonchev–Trinajstić information content (AvgIpc) is 2.98. The van der Waals surface area contributed by atoms with Crippen LogP contribution in [0.3, 0.4) is 0 Å². The number of nitrogens with one attached hydrogen (secondary N) is 1. The zero-order valence-electron chi connectivity index (χ0n) is 9.52. The molecule has 7 heteroatoms. The van der Waals surface area contributed by atoms with Gasteiger partial charge in [0.25, 0.3) is 0 Å². The molecule has 0 saturated heterocycles. The van der Waals surface area contributed by atoms with Crippen molar-refractivity contribution >= 4 is 22.4 Å².